The SMILES string of the molecule is OC[C@@H](O)[C@H](O)[C@H](O)CCC1CCCCC1. The van der Waals surface area contributed by atoms with Crippen LogP contribution in [0.15, 0.2) is 0 Å². The maximum absolute atomic E-state index is 9.63. The maximum Gasteiger partial charge on any atom is 0.108 e. The zero-order chi connectivity index (χ0) is 12.0. The van der Waals surface area contributed by atoms with Gasteiger partial charge >= 0.3 is 0 Å². The summed E-state index contributed by atoms with van der Waals surface area (Å²) in [6.07, 6.45) is 4.28. The molecule has 0 aromatic rings. The van der Waals surface area contributed by atoms with Crippen LogP contribution in [0, 0.1) is 5.92 Å². The molecule has 0 aliphatic heterocycles. The molecule has 0 bridgehead atoms. The summed E-state index contributed by atoms with van der Waals surface area (Å²) in [7, 11) is 0. The molecule has 1 aliphatic carbocycles. The van der Waals surface area contributed by atoms with Crippen molar-refractivity contribution in [3.8, 4) is 0 Å². The molecule has 1 saturated carbocycles. The molecule has 0 amide bonds. The smallest absolute Gasteiger partial charge is 0.108 e. The summed E-state index contributed by atoms with van der Waals surface area (Å²) in [4.78, 5) is 0. The van der Waals surface area contributed by atoms with Gasteiger partial charge in [-0.2, -0.15) is 0 Å². The summed E-state index contributed by atoms with van der Waals surface area (Å²) in [6.45, 7) is -0.512. The molecule has 96 valence electrons. The third kappa shape index (κ3) is 4.37. The topological polar surface area (TPSA) is 80.9 Å². The Balaban J connectivity index is 2.20. The van der Waals surface area contributed by atoms with Crippen LogP contribution in [0.3, 0.4) is 0 Å². The average Bonchev–Trinajstić information content (AvgIpc) is 2.35. The van der Waals surface area contributed by atoms with E-state index in [9.17, 15) is 15.3 Å². The zero-order valence-electron chi connectivity index (χ0n) is 9.76. The van der Waals surface area contributed by atoms with Gasteiger partial charge in [0.15, 0.2) is 0 Å². The molecule has 0 saturated heterocycles. The molecule has 0 radical (unpaired) electrons. The van der Waals surface area contributed by atoms with Crippen LogP contribution >= 0.6 is 0 Å². The van der Waals surface area contributed by atoms with E-state index in [0.29, 0.717) is 12.3 Å². The summed E-state index contributed by atoms with van der Waals surface area (Å²) in [5, 5.41) is 36.9. The summed E-state index contributed by atoms with van der Waals surface area (Å²) in [6, 6.07) is 0. The molecule has 4 heteroatoms. The zero-order valence-corrected chi connectivity index (χ0v) is 9.76. The van der Waals surface area contributed by atoms with E-state index in [0.717, 1.165) is 6.42 Å². The fourth-order valence-electron chi connectivity index (χ4n) is 2.42. The molecular formula is C12H24O4. The minimum absolute atomic E-state index is 0.503. The highest BCUT2D eigenvalue weighted by Crippen LogP contribution is 2.28. The number of hydrogen-bond donors (Lipinski definition) is 4. The minimum atomic E-state index is -1.23. The Morgan fingerprint density at radius 1 is 0.938 bits per heavy atom. The van der Waals surface area contributed by atoms with Crippen molar-refractivity contribution in [2.45, 2.75) is 63.3 Å². The Bertz CT molecular complexity index is 180. The van der Waals surface area contributed by atoms with Gasteiger partial charge in [-0.1, -0.05) is 32.1 Å². The van der Waals surface area contributed by atoms with Gasteiger partial charge in [0.1, 0.15) is 12.2 Å². The normalized spacial score (nSPS) is 24.0. The van der Waals surface area contributed by atoms with E-state index in [-0.39, 0.29) is 0 Å². The van der Waals surface area contributed by atoms with Crippen molar-refractivity contribution in [2.24, 2.45) is 5.92 Å². The average molecular weight is 232 g/mol. The van der Waals surface area contributed by atoms with E-state index >= 15 is 0 Å². The van der Waals surface area contributed by atoms with Crippen LogP contribution in [0.4, 0.5) is 0 Å². The highest BCUT2D eigenvalue weighted by atomic mass is 16.4. The standard InChI is InChI=1S/C12H24O4/c13-8-11(15)12(16)10(14)7-6-9-4-2-1-3-5-9/h9-16H,1-8H2/t10-,11-,12-/m1/s1. The van der Waals surface area contributed by atoms with Crippen LogP contribution in [0.5, 0.6) is 0 Å². The molecule has 0 heterocycles. The van der Waals surface area contributed by atoms with Crippen LogP contribution in [0.1, 0.15) is 44.9 Å². The maximum atomic E-state index is 9.63. The molecule has 16 heavy (non-hydrogen) atoms. The fourth-order valence-corrected chi connectivity index (χ4v) is 2.42. The fraction of sp³-hybridized carbons (Fsp3) is 1.00. The second kappa shape index (κ2) is 7.22. The lowest BCUT2D eigenvalue weighted by Crippen LogP contribution is -2.39. The largest absolute Gasteiger partial charge is 0.394 e. The summed E-state index contributed by atoms with van der Waals surface area (Å²) in [5.74, 6) is 0.655. The predicted molar refractivity (Wildman–Crippen MR) is 60.9 cm³/mol. The summed E-state index contributed by atoms with van der Waals surface area (Å²) in [5.41, 5.74) is 0. The second-order valence-electron chi connectivity index (χ2n) is 4.89. The first-order chi connectivity index (χ1) is 7.65. The van der Waals surface area contributed by atoms with Gasteiger partial charge in [-0.3, -0.25) is 0 Å². The highest BCUT2D eigenvalue weighted by Gasteiger charge is 2.25. The molecule has 3 atom stereocenters. The van der Waals surface area contributed by atoms with E-state index in [2.05, 4.69) is 0 Å². The lowest BCUT2D eigenvalue weighted by atomic mass is 9.85. The first-order valence-electron chi connectivity index (χ1n) is 6.30. The Hall–Kier alpha value is -0.160. The van der Waals surface area contributed by atoms with E-state index in [4.69, 9.17) is 5.11 Å². The Kier molecular flexibility index (Phi) is 6.28. The van der Waals surface area contributed by atoms with Crippen LogP contribution in [0.2, 0.25) is 0 Å². The Morgan fingerprint density at radius 3 is 2.12 bits per heavy atom. The highest BCUT2D eigenvalue weighted by molar-refractivity contribution is 4.76. The monoisotopic (exact) mass is 232 g/mol. The second-order valence-corrected chi connectivity index (χ2v) is 4.89. The quantitative estimate of drug-likeness (QED) is 0.535. The number of aliphatic hydroxyl groups is 4. The van der Waals surface area contributed by atoms with E-state index in [1.807, 2.05) is 0 Å². The molecule has 1 aliphatic rings. The van der Waals surface area contributed by atoms with Crippen molar-refractivity contribution in [3.63, 3.8) is 0 Å². The van der Waals surface area contributed by atoms with Crippen molar-refractivity contribution in [3.05, 3.63) is 0 Å². The van der Waals surface area contributed by atoms with Crippen molar-refractivity contribution >= 4 is 0 Å². The third-order valence-electron chi connectivity index (χ3n) is 3.57. The third-order valence-corrected chi connectivity index (χ3v) is 3.57. The molecule has 1 rings (SSSR count). The van der Waals surface area contributed by atoms with Crippen LogP contribution in [-0.2, 0) is 0 Å². The van der Waals surface area contributed by atoms with Gasteiger partial charge < -0.3 is 20.4 Å². The molecule has 4 N–H and O–H groups in total. The van der Waals surface area contributed by atoms with Gasteiger partial charge in [-0.05, 0) is 18.8 Å². The first-order valence-corrected chi connectivity index (χ1v) is 6.30. The molecule has 0 aromatic carbocycles. The lowest BCUT2D eigenvalue weighted by Gasteiger charge is -2.25. The molecule has 0 unspecified atom stereocenters. The van der Waals surface area contributed by atoms with Crippen molar-refractivity contribution in [1.29, 1.82) is 0 Å². The van der Waals surface area contributed by atoms with Crippen molar-refractivity contribution < 1.29 is 20.4 Å². The lowest BCUT2D eigenvalue weighted by molar-refractivity contribution is -0.0798. The first kappa shape index (κ1) is 13.9. The minimum Gasteiger partial charge on any atom is -0.394 e. The van der Waals surface area contributed by atoms with E-state index in [1.54, 1.807) is 0 Å². The molecule has 0 aromatic heterocycles. The van der Waals surface area contributed by atoms with Gasteiger partial charge in [-0.15, -0.1) is 0 Å². The number of rotatable bonds is 6. The van der Waals surface area contributed by atoms with Crippen molar-refractivity contribution in [2.75, 3.05) is 6.61 Å². The molecular weight excluding hydrogens is 208 g/mol. The summed E-state index contributed by atoms with van der Waals surface area (Å²) >= 11 is 0. The Morgan fingerprint density at radius 2 is 1.56 bits per heavy atom. The summed E-state index contributed by atoms with van der Waals surface area (Å²) < 4.78 is 0. The van der Waals surface area contributed by atoms with Crippen LogP contribution < -0.4 is 0 Å². The number of hydrogen-bond acceptors (Lipinski definition) is 4. The van der Waals surface area contributed by atoms with Crippen LogP contribution in [-0.4, -0.2) is 45.3 Å². The predicted octanol–water partition coefficient (Wildman–Crippen LogP) is 0.422. The molecule has 1 fully saturated rings. The van der Waals surface area contributed by atoms with E-state index < -0.39 is 24.9 Å². The van der Waals surface area contributed by atoms with Crippen molar-refractivity contribution in [1.82, 2.24) is 0 Å². The molecule has 0 spiro atoms. The van der Waals surface area contributed by atoms with E-state index in [1.165, 1.54) is 32.1 Å². The van der Waals surface area contributed by atoms with Gasteiger partial charge in [0.05, 0.1) is 12.7 Å². The van der Waals surface area contributed by atoms with Gasteiger partial charge in [-0.25, -0.2) is 0 Å². The number of aliphatic hydroxyl groups excluding tert-OH is 4. The van der Waals surface area contributed by atoms with Gasteiger partial charge in [0, 0.05) is 0 Å². The van der Waals surface area contributed by atoms with Crippen LogP contribution in [0.25, 0.3) is 0 Å². The van der Waals surface area contributed by atoms with Gasteiger partial charge in [0.2, 0.25) is 0 Å². The van der Waals surface area contributed by atoms with Gasteiger partial charge in [0.25, 0.3) is 0 Å². The Labute approximate surface area is 96.9 Å². The molecule has 4 nitrogen and oxygen atoms in total.